The van der Waals surface area contributed by atoms with E-state index in [-0.39, 0.29) is 29.5 Å². The zero-order valence-electron chi connectivity index (χ0n) is 20.1. The predicted molar refractivity (Wildman–Crippen MR) is 130 cm³/mol. The molecule has 2 aliphatic rings. The van der Waals surface area contributed by atoms with Gasteiger partial charge in [-0.15, -0.1) is 0 Å². The van der Waals surface area contributed by atoms with Crippen LogP contribution < -0.4 is 15.4 Å². The van der Waals surface area contributed by atoms with E-state index in [1.54, 1.807) is 13.0 Å². The number of piperidine rings is 1. The molecule has 2 aliphatic heterocycles. The Balaban J connectivity index is 1.13. The van der Waals surface area contributed by atoms with Gasteiger partial charge in [0.2, 0.25) is 17.7 Å². The molecule has 7 nitrogen and oxygen atoms in total. The Morgan fingerprint density at radius 1 is 1.14 bits per heavy atom. The van der Waals surface area contributed by atoms with Crippen LogP contribution in [0.5, 0.6) is 5.75 Å². The van der Waals surface area contributed by atoms with Crippen molar-refractivity contribution in [3.63, 3.8) is 0 Å². The molecule has 0 aromatic heterocycles. The van der Waals surface area contributed by atoms with Crippen LogP contribution >= 0.6 is 0 Å². The molecule has 8 heteroatoms. The van der Waals surface area contributed by atoms with E-state index in [2.05, 4.69) is 10.6 Å². The minimum Gasteiger partial charge on any atom is -0.494 e. The Bertz CT molecular complexity index is 1100. The first-order chi connectivity index (χ1) is 16.9. The second kappa shape index (κ2) is 11.3. The van der Waals surface area contributed by atoms with Crippen molar-refractivity contribution in [3.8, 4) is 5.75 Å². The average Bonchev–Trinajstić information content (AvgIpc) is 2.87. The Morgan fingerprint density at radius 3 is 2.71 bits per heavy atom. The van der Waals surface area contributed by atoms with Gasteiger partial charge in [0, 0.05) is 44.1 Å². The normalized spacial score (nSPS) is 15.8. The summed E-state index contributed by atoms with van der Waals surface area (Å²) in [5.74, 6) is 0.408. The topological polar surface area (TPSA) is 87.7 Å². The number of rotatable bonds is 8. The largest absolute Gasteiger partial charge is 0.494 e. The lowest BCUT2D eigenvalue weighted by molar-refractivity contribution is -0.135. The summed E-state index contributed by atoms with van der Waals surface area (Å²) in [6, 6.07) is 10.6. The fraction of sp³-hybridized carbons (Fsp3) is 0.444. The van der Waals surface area contributed by atoms with Crippen molar-refractivity contribution >= 4 is 23.4 Å². The van der Waals surface area contributed by atoms with E-state index in [4.69, 9.17) is 4.74 Å². The lowest BCUT2D eigenvalue weighted by atomic mass is 9.95. The molecule has 0 unspecified atom stereocenters. The molecule has 2 aromatic rings. The van der Waals surface area contributed by atoms with Crippen LogP contribution in [0.3, 0.4) is 0 Å². The first-order valence-electron chi connectivity index (χ1n) is 12.2. The van der Waals surface area contributed by atoms with Crippen molar-refractivity contribution in [1.29, 1.82) is 0 Å². The van der Waals surface area contributed by atoms with E-state index < -0.39 is 0 Å². The highest BCUT2D eigenvalue weighted by atomic mass is 19.1. The van der Waals surface area contributed by atoms with Crippen LogP contribution in [-0.2, 0) is 27.3 Å². The van der Waals surface area contributed by atoms with Gasteiger partial charge in [0.05, 0.1) is 6.61 Å². The van der Waals surface area contributed by atoms with Crippen molar-refractivity contribution < 1.29 is 23.5 Å². The van der Waals surface area contributed by atoms with Crippen molar-refractivity contribution in [1.82, 2.24) is 10.2 Å². The van der Waals surface area contributed by atoms with Gasteiger partial charge in [-0.1, -0.05) is 12.1 Å². The van der Waals surface area contributed by atoms with Gasteiger partial charge in [-0.25, -0.2) is 4.39 Å². The van der Waals surface area contributed by atoms with Gasteiger partial charge in [0.1, 0.15) is 11.6 Å². The van der Waals surface area contributed by atoms with Gasteiger partial charge in [-0.05, 0) is 73.6 Å². The fourth-order valence-corrected chi connectivity index (χ4v) is 4.49. The predicted octanol–water partition coefficient (Wildman–Crippen LogP) is 3.73. The first-order valence-corrected chi connectivity index (χ1v) is 12.2. The number of ether oxygens (including phenoxy) is 1. The number of nitrogens with one attached hydrogen (secondary N) is 2. The molecule has 0 saturated carbocycles. The van der Waals surface area contributed by atoms with Crippen molar-refractivity contribution in [2.45, 2.75) is 52.0 Å². The SMILES string of the molecule is Cc1ccc(CNC(=O)C2CCN(C(=O)CCCOc3ccc4c(c3)CCC(=O)N4)CC2)cc1F. The van der Waals surface area contributed by atoms with E-state index in [9.17, 15) is 18.8 Å². The zero-order valence-corrected chi connectivity index (χ0v) is 20.1. The minimum atomic E-state index is -0.272. The van der Waals surface area contributed by atoms with Gasteiger partial charge in [-0.2, -0.15) is 0 Å². The standard InChI is InChI=1S/C27H32FN3O4/c1-18-4-5-19(15-23(18)28)17-29-27(34)20-10-12-31(13-11-20)26(33)3-2-14-35-22-7-8-24-21(16-22)6-9-25(32)30-24/h4-5,7-8,15-16,20H,2-3,6,9-14,17H2,1H3,(H,29,34)(H,30,32). The summed E-state index contributed by atoms with van der Waals surface area (Å²) in [5, 5.41) is 5.74. The Labute approximate surface area is 205 Å². The van der Waals surface area contributed by atoms with E-state index >= 15 is 0 Å². The van der Waals surface area contributed by atoms with Crippen molar-refractivity contribution in [2.75, 3.05) is 25.0 Å². The molecule has 0 atom stereocenters. The van der Waals surface area contributed by atoms with Crippen LogP contribution in [0.15, 0.2) is 36.4 Å². The summed E-state index contributed by atoms with van der Waals surface area (Å²) in [6.07, 6.45) is 3.45. The number of likely N-dealkylation sites (tertiary alicyclic amines) is 1. The number of benzene rings is 2. The maximum Gasteiger partial charge on any atom is 0.224 e. The third kappa shape index (κ3) is 6.59. The number of halogens is 1. The highest BCUT2D eigenvalue weighted by Gasteiger charge is 2.27. The molecule has 2 heterocycles. The third-order valence-electron chi connectivity index (χ3n) is 6.70. The number of nitrogens with zero attached hydrogens (tertiary/aromatic N) is 1. The number of hydrogen-bond donors (Lipinski definition) is 2. The van der Waals surface area contributed by atoms with E-state index in [1.807, 2.05) is 29.2 Å². The van der Waals surface area contributed by atoms with Crippen molar-refractivity contribution in [3.05, 3.63) is 58.9 Å². The number of carbonyl (C=O) groups excluding carboxylic acids is 3. The van der Waals surface area contributed by atoms with Gasteiger partial charge in [0.25, 0.3) is 0 Å². The molecular formula is C27H32FN3O4. The highest BCUT2D eigenvalue weighted by Crippen LogP contribution is 2.27. The molecule has 1 saturated heterocycles. The van der Waals surface area contributed by atoms with Crippen LogP contribution in [0.4, 0.5) is 10.1 Å². The molecule has 4 rings (SSSR count). The molecular weight excluding hydrogens is 449 g/mol. The number of aryl methyl sites for hydroxylation is 2. The van der Waals surface area contributed by atoms with Gasteiger partial charge >= 0.3 is 0 Å². The lowest BCUT2D eigenvalue weighted by Gasteiger charge is -2.31. The number of fused-ring (bicyclic) bond motifs is 1. The minimum absolute atomic E-state index is 0.0354. The fourth-order valence-electron chi connectivity index (χ4n) is 4.49. The van der Waals surface area contributed by atoms with E-state index in [0.717, 1.165) is 22.6 Å². The quantitative estimate of drug-likeness (QED) is 0.563. The molecule has 1 fully saturated rings. The van der Waals surface area contributed by atoms with Crippen molar-refractivity contribution in [2.24, 2.45) is 5.92 Å². The third-order valence-corrected chi connectivity index (χ3v) is 6.70. The monoisotopic (exact) mass is 481 g/mol. The molecule has 2 aromatic carbocycles. The summed E-state index contributed by atoms with van der Waals surface area (Å²) in [6.45, 7) is 3.57. The molecule has 0 aliphatic carbocycles. The van der Waals surface area contributed by atoms with Crippen LogP contribution in [0.2, 0.25) is 0 Å². The molecule has 35 heavy (non-hydrogen) atoms. The summed E-state index contributed by atoms with van der Waals surface area (Å²) in [4.78, 5) is 38.4. The first kappa shape index (κ1) is 24.7. The maximum absolute atomic E-state index is 13.7. The summed E-state index contributed by atoms with van der Waals surface area (Å²) >= 11 is 0. The van der Waals surface area contributed by atoms with Gasteiger partial charge < -0.3 is 20.3 Å². The number of amides is 3. The zero-order chi connectivity index (χ0) is 24.8. The van der Waals surface area contributed by atoms with Crippen LogP contribution in [-0.4, -0.2) is 42.3 Å². The molecule has 0 spiro atoms. The lowest BCUT2D eigenvalue weighted by Crippen LogP contribution is -2.42. The number of hydrogen-bond acceptors (Lipinski definition) is 4. The second-order valence-corrected chi connectivity index (χ2v) is 9.28. The summed E-state index contributed by atoms with van der Waals surface area (Å²) < 4.78 is 19.5. The average molecular weight is 482 g/mol. The molecule has 186 valence electrons. The number of anilines is 1. The molecule has 3 amide bonds. The van der Waals surface area contributed by atoms with Gasteiger partial charge in [-0.3, -0.25) is 14.4 Å². The van der Waals surface area contributed by atoms with Crippen LogP contribution in [0.1, 0.15) is 48.8 Å². The summed E-state index contributed by atoms with van der Waals surface area (Å²) in [5.41, 5.74) is 3.22. The Hall–Kier alpha value is -3.42. The van der Waals surface area contributed by atoms with Crippen LogP contribution in [0.25, 0.3) is 0 Å². The van der Waals surface area contributed by atoms with Gasteiger partial charge in [0.15, 0.2) is 0 Å². The summed E-state index contributed by atoms with van der Waals surface area (Å²) in [7, 11) is 0. The number of carbonyl (C=O) groups is 3. The highest BCUT2D eigenvalue weighted by molar-refractivity contribution is 5.94. The maximum atomic E-state index is 13.7. The van der Waals surface area contributed by atoms with E-state index in [0.29, 0.717) is 70.3 Å². The Kier molecular flexibility index (Phi) is 8.00. The smallest absolute Gasteiger partial charge is 0.224 e. The molecule has 2 N–H and O–H groups in total. The van der Waals surface area contributed by atoms with E-state index in [1.165, 1.54) is 6.07 Å². The second-order valence-electron chi connectivity index (χ2n) is 9.28. The Morgan fingerprint density at radius 2 is 1.94 bits per heavy atom. The van der Waals surface area contributed by atoms with Crippen LogP contribution in [0, 0.1) is 18.7 Å². The molecule has 0 radical (unpaired) electrons. The molecule has 0 bridgehead atoms.